The molecule has 0 radical (unpaired) electrons. The van der Waals surface area contributed by atoms with Crippen molar-refractivity contribution in [1.82, 2.24) is 20.2 Å². The average Bonchev–Trinajstić information content (AvgIpc) is 3.28. The number of fused-ring (bicyclic) bond motifs is 1. The Kier molecular flexibility index (Phi) is 4.02. The normalized spacial score (nSPS) is 24.4. The van der Waals surface area contributed by atoms with Gasteiger partial charge in [0.15, 0.2) is 6.33 Å². The maximum absolute atomic E-state index is 12.4. The number of rotatable bonds is 5. The van der Waals surface area contributed by atoms with Crippen LogP contribution in [0.2, 0.25) is 0 Å². The molecule has 0 spiro atoms. The molecule has 2 heterocycles. The Morgan fingerprint density at radius 2 is 2.19 bits per heavy atom. The lowest BCUT2D eigenvalue weighted by Crippen LogP contribution is -2.31. The molecule has 1 amide bonds. The molecule has 2 fully saturated rings. The number of tetrazole rings is 1. The van der Waals surface area contributed by atoms with Crippen molar-refractivity contribution in [3.63, 3.8) is 0 Å². The SMILES string of the molecule is C=C1CC2COC(=O)C2(Cc2ccc(NC(=O)Cn3ncnn3)cc2)C1. The minimum Gasteiger partial charge on any atom is -0.465 e. The Bertz CT molecular complexity index is 846. The molecule has 1 saturated carbocycles. The lowest BCUT2D eigenvalue weighted by atomic mass is 9.75. The first-order chi connectivity index (χ1) is 12.5. The van der Waals surface area contributed by atoms with Crippen LogP contribution in [-0.4, -0.2) is 38.7 Å². The van der Waals surface area contributed by atoms with Crippen molar-refractivity contribution in [3.8, 4) is 0 Å². The molecule has 2 aliphatic rings. The average molecular weight is 353 g/mol. The summed E-state index contributed by atoms with van der Waals surface area (Å²) in [6.07, 6.45) is 3.46. The van der Waals surface area contributed by atoms with Crippen LogP contribution in [-0.2, 0) is 27.3 Å². The first-order valence-corrected chi connectivity index (χ1v) is 8.49. The van der Waals surface area contributed by atoms with E-state index in [-0.39, 0.29) is 24.3 Å². The minimum atomic E-state index is -0.472. The fourth-order valence-corrected chi connectivity index (χ4v) is 3.92. The van der Waals surface area contributed by atoms with Crippen molar-refractivity contribution in [2.45, 2.75) is 25.8 Å². The van der Waals surface area contributed by atoms with Gasteiger partial charge in [0.2, 0.25) is 5.91 Å². The van der Waals surface area contributed by atoms with Crippen LogP contribution in [0.25, 0.3) is 0 Å². The Hall–Kier alpha value is -3.03. The van der Waals surface area contributed by atoms with Gasteiger partial charge in [-0.3, -0.25) is 9.59 Å². The number of cyclic esters (lactones) is 1. The van der Waals surface area contributed by atoms with Crippen molar-refractivity contribution in [2.75, 3.05) is 11.9 Å². The third-order valence-corrected chi connectivity index (χ3v) is 5.14. The summed E-state index contributed by atoms with van der Waals surface area (Å²) in [5.74, 6) is -0.128. The number of nitrogens with one attached hydrogen (secondary N) is 1. The van der Waals surface area contributed by atoms with Gasteiger partial charge < -0.3 is 10.1 Å². The van der Waals surface area contributed by atoms with E-state index in [4.69, 9.17) is 4.74 Å². The second kappa shape index (κ2) is 6.36. The Balaban J connectivity index is 1.42. The number of carbonyl (C=O) groups excluding carboxylic acids is 2. The molecule has 1 saturated heterocycles. The third-order valence-electron chi connectivity index (χ3n) is 5.14. The van der Waals surface area contributed by atoms with Crippen LogP contribution in [0.1, 0.15) is 18.4 Å². The summed E-state index contributed by atoms with van der Waals surface area (Å²) in [6.45, 7) is 4.55. The second-order valence-corrected chi connectivity index (χ2v) is 6.97. The summed E-state index contributed by atoms with van der Waals surface area (Å²) in [5, 5.41) is 13.8. The summed E-state index contributed by atoms with van der Waals surface area (Å²) < 4.78 is 5.31. The molecule has 8 heteroatoms. The number of benzene rings is 1. The van der Waals surface area contributed by atoms with E-state index in [0.717, 1.165) is 17.6 Å². The topological polar surface area (TPSA) is 99.0 Å². The molecule has 1 aliphatic carbocycles. The van der Waals surface area contributed by atoms with Gasteiger partial charge in [0, 0.05) is 11.6 Å². The van der Waals surface area contributed by atoms with Gasteiger partial charge in [0.25, 0.3) is 0 Å². The number of nitrogens with zero attached hydrogens (tertiary/aromatic N) is 4. The molecule has 1 aromatic carbocycles. The van der Waals surface area contributed by atoms with E-state index >= 15 is 0 Å². The lowest BCUT2D eigenvalue weighted by molar-refractivity contribution is -0.146. The van der Waals surface area contributed by atoms with Crippen LogP contribution in [0.15, 0.2) is 42.7 Å². The summed E-state index contributed by atoms with van der Waals surface area (Å²) in [6, 6.07) is 7.53. The van der Waals surface area contributed by atoms with Gasteiger partial charge in [-0.2, -0.15) is 4.80 Å². The minimum absolute atomic E-state index is 0.000491. The Morgan fingerprint density at radius 3 is 2.92 bits per heavy atom. The monoisotopic (exact) mass is 353 g/mol. The summed E-state index contributed by atoms with van der Waals surface area (Å²) in [5.41, 5.74) is 2.37. The van der Waals surface area contributed by atoms with Gasteiger partial charge in [-0.1, -0.05) is 24.3 Å². The molecular weight excluding hydrogens is 334 g/mol. The highest BCUT2D eigenvalue weighted by Crippen LogP contribution is 2.52. The zero-order chi connectivity index (χ0) is 18.1. The molecule has 2 aromatic rings. The summed E-state index contributed by atoms with van der Waals surface area (Å²) in [7, 11) is 0. The van der Waals surface area contributed by atoms with Crippen molar-refractivity contribution in [2.24, 2.45) is 11.3 Å². The van der Waals surface area contributed by atoms with Crippen LogP contribution in [0.4, 0.5) is 5.69 Å². The summed E-state index contributed by atoms with van der Waals surface area (Å²) in [4.78, 5) is 25.5. The number of anilines is 1. The van der Waals surface area contributed by atoms with Gasteiger partial charge >= 0.3 is 5.97 Å². The molecule has 4 rings (SSSR count). The van der Waals surface area contributed by atoms with Crippen molar-refractivity contribution in [3.05, 3.63) is 48.3 Å². The zero-order valence-corrected chi connectivity index (χ0v) is 14.2. The van der Waals surface area contributed by atoms with Crippen molar-refractivity contribution >= 4 is 17.6 Å². The molecule has 8 nitrogen and oxygen atoms in total. The fourth-order valence-electron chi connectivity index (χ4n) is 3.92. The first kappa shape index (κ1) is 16.4. The van der Waals surface area contributed by atoms with E-state index in [2.05, 4.69) is 27.3 Å². The third kappa shape index (κ3) is 2.98. The van der Waals surface area contributed by atoms with E-state index in [1.165, 1.54) is 11.1 Å². The van der Waals surface area contributed by atoms with Crippen LogP contribution in [0.3, 0.4) is 0 Å². The van der Waals surface area contributed by atoms with Crippen LogP contribution in [0, 0.1) is 11.3 Å². The highest BCUT2D eigenvalue weighted by molar-refractivity contribution is 5.90. The van der Waals surface area contributed by atoms with Crippen molar-refractivity contribution < 1.29 is 14.3 Å². The van der Waals surface area contributed by atoms with Crippen molar-refractivity contribution in [1.29, 1.82) is 0 Å². The van der Waals surface area contributed by atoms with Gasteiger partial charge in [-0.15, -0.1) is 10.2 Å². The fraction of sp³-hybridized carbons (Fsp3) is 0.389. The molecule has 2 unspecified atom stereocenters. The highest BCUT2D eigenvalue weighted by Gasteiger charge is 2.55. The predicted octanol–water partition coefficient (Wildman–Crippen LogP) is 1.36. The Morgan fingerprint density at radius 1 is 1.38 bits per heavy atom. The summed E-state index contributed by atoms with van der Waals surface area (Å²) >= 11 is 0. The zero-order valence-electron chi connectivity index (χ0n) is 14.2. The van der Waals surface area contributed by atoms with E-state index in [1.54, 1.807) is 0 Å². The smallest absolute Gasteiger partial charge is 0.313 e. The van der Waals surface area contributed by atoms with E-state index in [0.29, 0.717) is 25.1 Å². The van der Waals surface area contributed by atoms with Crippen LogP contribution >= 0.6 is 0 Å². The maximum Gasteiger partial charge on any atom is 0.313 e. The molecule has 1 aliphatic heterocycles. The van der Waals surface area contributed by atoms with Crippen LogP contribution < -0.4 is 5.32 Å². The molecule has 2 atom stereocenters. The lowest BCUT2D eigenvalue weighted by Gasteiger charge is -2.24. The highest BCUT2D eigenvalue weighted by atomic mass is 16.5. The quantitative estimate of drug-likeness (QED) is 0.644. The number of allylic oxidation sites excluding steroid dienone is 1. The molecule has 26 heavy (non-hydrogen) atoms. The van der Waals surface area contributed by atoms with E-state index in [9.17, 15) is 9.59 Å². The van der Waals surface area contributed by atoms with E-state index < -0.39 is 5.41 Å². The van der Waals surface area contributed by atoms with Gasteiger partial charge in [0.05, 0.1) is 12.0 Å². The standard InChI is InChI=1S/C18H19N5O3/c1-12-6-14-10-26-17(25)18(14,7-12)8-13-2-4-15(5-3-13)21-16(24)9-23-20-11-19-22-23/h2-5,11,14H,1,6-10H2,(H,21,24). The molecule has 134 valence electrons. The predicted molar refractivity (Wildman–Crippen MR) is 91.8 cm³/mol. The molecule has 1 N–H and O–H groups in total. The molecular formula is C18H19N5O3. The Labute approximate surface area is 150 Å². The number of aromatic nitrogens is 4. The second-order valence-electron chi connectivity index (χ2n) is 6.97. The number of ether oxygens (including phenoxy) is 1. The number of amides is 1. The van der Waals surface area contributed by atoms with Gasteiger partial charge in [0.1, 0.15) is 6.54 Å². The largest absolute Gasteiger partial charge is 0.465 e. The number of hydrogen-bond donors (Lipinski definition) is 1. The van der Waals surface area contributed by atoms with E-state index in [1.807, 2.05) is 24.3 Å². The van der Waals surface area contributed by atoms with Gasteiger partial charge in [-0.05, 0) is 42.2 Å². The number of esters is 1. The number of hydrogen-bond acceptors (Lipinski definition) is 6. The molecule has 0 bridgehead atoms. The van der Waals surface area contributed by atoms with Gasteiger partial charge in [-0.25, -0.2) is 0 Å². The maximum atomic E-state index is 12.4. The van der Waals surface area contributed by atoms with Crippen LogP contribution in [0.5, 0.6) is 0 Å². The number of carbonyl (C=O) groups is 2. The first-order valence-electron chi connectivity index (χ1n) is 8.49. The molecule has 1 aromatic heterocycles.